The Kier molecular flexibility index (Phi) is 9.11. The molecule has 1 aliphatic rings. The maximum absolute atomic E-state index is 13.4. The molecule has 9 heteroatoms. The van der Waals surface area contributed by atoms with E-state index in [0.29, 0.717) is 41.9 Å². The first-order chi connectivity index (χ1) is 15.9. The Hall–Kier alpha value is -2.61. The molecule has 1 aliphatic heterocycles. The number of halogens is 2. The lowest BCUT2D eigenvalue weighted by Crippen LogP contribution is -2.47. The Balaban J connectivity index is 1.88. The third-order valence-corrected chi connectivity index (χ3v) is 5.89. The second-order valence-corrected chi connectivity index (χ2v) is 8.53. The highest BCUT2D eigenvalue weighted by molar-refractivity contribution is 6.34. The molecule has 0 spiro atoms. The van der Waals surface area contributed by atoms with Crippen LogP contribution >= 0.6 is 23.2 Å². The monoisotopic (exact) mass is 490 g/mol. The highest BCUT2D eigenvalue weighted by atomic mass is 35.5. The molecule has 0 fully saturated rings. The van der Waals surface area contributed by atoms with Gasteiger partial charge in [0.25, 0.3) is 5.91 Å². The molecule has 0 saturated carbocycles. The van der Waals surface area contributed by atoms with Crippen LogP contribution in [0.15, 0.2) is 53.6 Å². The van der Waals surface area contributed by atoms with Gasteiger partial charge in [-0.25, -0.2) is 9.80 Å². The first-order valence-electron chi connectivity index (χ1n) is 10.9. The number of ether oxygens (including phenoxy) is 1. The fourth-order valence-corrected chi connectivity index (χ4v) is 3.95. The highest BCUT2D eigenvalue weighted by Gasteiger charge is 2.34. The van der Waals surface area contributed by atoms with Gasteiger partial charge in [0.1, 0.15) is 6.54 Å². The third-order valence-electron chi connectivity index (χ3n) is 5.31. The van der Waals surface area contributed by atoms with Gasteiger partial charge in [0.2, 0.25) is 0 Å². The van der Waals surface area contributed by atoms with E-state index in [9.17, 15) is 9.59 Å². The van der Waals surface area contributed by atoms with Crippen LogP contribution in [0, 0.1) is 0 Å². The van der Waals surface area contributed by atoms with Gasteiger partial charge in [-0.05, 0) is 30.2 Å². The molecule has 0 aliphatic carbocycles. The van der Waals surface area contributed by atoms with E-state index in [4.69, 9.17) is 27.9 Å². The summed E-state index contributed by atoms with van der Waals surface area (Å²) in [5.41, 5.74) is 2.40. The zero-order valence-corrected chi connectivity index (χ0v) is 20.3. The summed E-state index contributed by atoms with van der Waals surface area (Å²) in [6.45, 7) is 2.99. The molecule has 1 atom stereocenters. The largest absolute Gasteiger partial charge is 0.383 e. The van der Waals surface area contributed by atoms with Gasteiger partial charge < -0.3 is 15.0 Å². The SMILES string of the molecule is CCCNC(=O)N(CCOC)CC(=O)N1N=C(c2ccccc2Cl)C[C@H]1c1ccc(Cl)cc1. The third kappa shape index (κ3) is 6.47. The molecule has 0 radical (unpaired) electrons. The van der Waals surface area contributed by atoms with E-state index in [2.05, 4.69) is 10.4 Å². The van der Waals surface area contributed by atoms with Crippen LogP contribution < -0.4 is 5.32 Å². The average molecular weight is 491 g/mol. The fraction of sp³-hybridized carbons (Fsp3) is 0.375. The fourth-order valence-electron chi connectivity index (χ4n) is 3.58. The number of nitrogens with zero attached hydrogens (tertiary/aromatic N) is 3. The summed E-state index contributed by atoms with van der Waals surface area (Å²) in [7, 11) is 1.56. The van der Waals surface area contributed by atoms with Gasteiger partial charge in [-0.15, -0.1) is 0 Å². The van der Waals surface area contributed by atoms with Crippen molar-refractivity contribution >= 4 is 40.9 Å². The van der Waals surface area contributed by atoms with Crippen molar-refractivity contribution in [3.63, 3.8) is 0 Å². The summed E-state index contributed by atoms with van der Waals surface area (Å²) in [6.07, 6.45) is 1.30. The number of benzene rings is 2. The standard InChI is InChI=1S/C24H28Cl2N4O3/c1-3-12-27-24(32)29(13-14-33-2)16-23(31)30-22(17-8-10-18(25)11-9-17)15-21(28-30)19-6-4-5-7-20(19)26/h4-11,22H,3,12-16H2,1-2H3,(H,27,32)/t22-/m0/s1. The van der Waals surface area contributed by atoms with Crippen molar-refractivity contribution in [2.45, 2.75) is 25.8 Å². The van der Waals surface area contributed by atoms with Crippen molar-refractivity contribution in [3.8, 4) is 0 Å². The Morgan fingerprint density at radius 2 is 1.91 bits per heavy atom. The number of rotatable bonds is 9. The molecule has 3 amide bonds. The molecule has 0 unspecified atom stereocenters. The zero-order chi connectivity index (χ0) is 23.8. The summed E-state index contributed by atoms with van der Waals surface area (Å²) < 4.78 is 5.12. The van der Waals surface area contributed by atoms with E-state index < -0.39 is 0 Å². The quantitative estimate of drug-likeness (QED) is 0.551. The molecule has 1 heterocycles. The van der Waals surface area contributed by atoms with Crippen molar-refractivity contribution in [1.29, 1.82) is 0 Å². The zero-order valence-electron chi connectivity index (χ0n) is 18.8. The molecule has 0 saturated heterocycles. The molecule has 2 aromatic carbocycles. The van der Waals surface area contributed by atoms with Gasteiger partial charge in [0, 0.05) is 42.2 Å². The predicted octanol–water partition coefficient (Wildman–Crippen LogP) is 4.74. The smallest absolute Gasteiger partial charge is 0.317 e. The molecular weight excluding hydrogens is 463 g/mol. The number of carbonyl (C=O) groups excluding carboxylic acids is 2. The second-order valence-electron chi connectivity index (χ2n) is 7.68. The minimum Gasteiger partial charge on any atom is -0.383 e. The minimum atomic E-state index is -0.330. The molecular formula is C24H28Cl2N4O3. The van der Waals surface area contributed by atoms with Gasteiger partial charge in [0.15, 0.2) is 0 Å². The number of urea groups is 1. The van der Waals surface area contributed by atoms with E-state index in [1.54, 1.807) is 25.3 Å². The normalized spacial score (nSPS) is 15.3. The maximum atomic E-state index is 13.4. The van der Waals surface area contributed by atoms with E-state index in [1.165, 1.54) is 9.91 Å². The van der Waals surface area contributed by atoms with Gasteiger partial charge in [0.05, 0.1) is 18.4 Å². The van der Waals surface area contributed by atoms with Crippen molar-refractivity contribution in [2.24, 2.45) is 5.10 Å². The number of amides is 3. The number of methoxy groups -OCH3 is 1. The summed E-state index contributed by atoms with van der Waals surface area (Å²) in [6, 6.07) is 14.1. The molecule has 2 aromatic rings. The van der Waals surface area contributed by atoms with Gasteiger partial charge >= 0.3 is 6.03 Å². The molecule has 0 aromatic heterocycles. The molecule has 3 rings (SSSR count). The van der Waals surface area contributed by atoms with E-state index in [-0.39, 0.29) is 24.5 Å². The lowest BCUT2D eigenvalue weighted by Gasteiger charge is -2.27. The Morgan fingerprint density at radius 1 is 1.18 bits per heavy atom. The van der Waals surface area contributed by atoms with E-state index >= 15 is 0 Å². The van der Waals surface area contributed by atoms with Crippen LogP contribution in [0.5, 0.6) is 0 Å². The minimum absolute atomic E-state index is 0.123. The summed E-state index contributed by atoms with van der Waals surface area (Å²) >= 11 is 12.5. The van der Waals surface area contributed by atoms with Crippen LogP contribution in [0.4, 0.5) is 4.79 Å². The highest BCUT2D eigenvalue weighted by Crippen LogP contribution is 2.35. The Morgan fingerprint density at radius 3 is 2.58 bits per heavy atom. The predicted molar refractivity (Wildman–Crippen MR) is 131 cm³/mol. The molecule has 33 heavy (non-hydrogen) atoms. The Bertz CT molecular complexity index is 997. The van der Waals surface area contributed by atoms with Crippen LogP contribution in [0.25, 0.3) is 0 Å². The van der Waals surface area contributed by atoms with Crippen LogP contribution in [-0.2, 0) is 9.53 Å². The van der Waals surface area contributed by atoms with Crippen LogP contribution in [0.3, 0.4) is 0 Å². The lowest BCUT2D eigenvalue weighted by molar-refractivity contribution is -0.133. The van der Waals surface area contributed by atoms with Crippen molar-refractivity contribution in [2.75, 3.05) is 33.4 Å². The van der Waals surface area contributed by atoms with E-state index in [0.717, 1.165) is 17.5 Å². The van der Waals surface area contributed by atoms with Crippen LogP contribution in [0.1, 0.15) is 36.9 Å². The number of hydrogen-bond acceptors (Lipinski definition) is 4. The van der Waals surface area contributed by atoms with Crippen LogP contribution in [0.2, 0.25) is 10.0 Å². The van der Waals surface area contributed by atoms with Gasteiger partial charge in [-0.3, -0.25) is 4.79 Å². The first kappa shape index (κ1) is 25.0. The number of hydrazone groups is 1. The second kappa shape index (κ2) is 12.0. The number of carbonyl (C=O) groups is 2. The van der Waals surface area contributed by atoms with Gasteiger partial charge in [-0.2, -0.15) is 5.10 Å². The molecule has 1 N–H and O–H groups in total. The van der Waals surface area contributed by atoms with Crippen molar-refractivity contribution < 1.29 is 14.3 Å². The number of hydrogen-bond donors (Lipinski definition) is 1. The first-order valence-corrected chi connectivity index (χ1v) is 11.6. The molecule has 0 bridgehead atoms. The maximum Gasteiger partial charge on any atom is 0.317 e. The summed E-state index contributed by atoms with van der Waals surface area (Å²) in [5, 5.41) is 10.1. The molecule has 176 valence electrons. The summed E-state index contributed by atoms with van der Waals surface area (Å²) in [4.78, 5) is 27.5. The summed E-state index contributed by atoms with van der Waals surface area (Å²) in [5.74, 6) is -0.292. The lowest BCUT2D eigenvalue weighted by atomic mass is 9.98. The van der Waals surface area contributed by atoms with Gasteiger partial charge in [-0.1, -0.05) is 60.5 Å². The van der Waals surface area contributed by atoms with Crippen molar-refractivity contribution in [3.05, 3.63) is 69.7 Å². The molecule has 7 nitrogen and oxygen atoms in total. The van der Waals surface area contributed by atoms with Crippen molar-refractivity contribution in [1.82, 2.24) is 15.2 Å². The average Bonchev–Trinajstić information content (AvgIpc) is 3.26. The topological polar surface area (TPSA) is 74.2 Å². The van der Waals surface area contributed by atoms with Crippen LogP contribution in [-0.4, -0.2) is 60.9 Å². The number of nitrogens with one attached hydrogen (secondary N) is 1. The van der Waals surface area contributed by atoms with E-state index in [1.807, 2.05) is 37.3 Å². The Labute approximate surface area is 204 Å².